The van der Waals surface area contributed by atoms with E-state index in [0.29, 0.717) is 5.56 Å². The van der Waals surface area contributed by atoms with Gasteiger partial charge in [-0.25, -0.2) is 0 Å². The standard InChI is InChI=1S/C14H18N2O3S/c1-20-11-6-2-9(3-7-11)12(17)8-15-13(18)14(19)16-10-4-5-10/h2-3,6-7,10,12,17H,4-5,8H2,1H3,(H,15,18)(H,16,19)/t12-/m0/s1. The maximum Gasteiger partial charge on any atom is 0.309 e. The molecule has 1 aliphatic carbocycles. The molecule has 0 heterocycles. The van der Waals surface area contributed by atoms with E-state index < -0.39 is 17.9 Å². The maximum atomic E-state index is 11.5. The zero-order valence-electron chi connectivity index (χ0n) is 11.3. The summed E-state index contributed by atoms with van der Waals surface area (Å²) < 4.78 is 0. The van der Waals surface area contributed by atoms with Crippen molar-refractivity contribution in [2.24, 2.45) is 0 Å². The summed E-state index contributed by atoms with van der Waals surface area (Å²) in [5, 5.41) is 15.0. The molecule has 0 saturated heterocycles. The van der Waals surface area contributed by atoms with Crippen molar-refractivity contribution >= 4 is 23.6 Å². The van der Waals surface area contributed by atoms with Crippen molar-refractivity contribution in [1.82, 2.24) is 10.6 Å². The lowest BCUT2D eigenvalue weighted by atomic mass is 10.1. The predicted molar refractivity (Wildman–Crippen MR) is 77.4 cm³/mol. The van der Waals surface area contributed by atoms with Gasteiger partial charge in [-0.15, -0.1) is 11.8 Å². The number of nitrogens with one attached hydrogen (secondary N) is 2. The van der Waals surface area contributed by atoms with E-state index in [4.69, 9.17) is 0 Å². The highest BCUT2D eigenvalue weighted by atomic mass is 32.2. The quantitative estimate of drug-likeness (QED) is 0.555. The summed E-state index contributed by atoms with van der Waals surface area (Å²) in [5.74, 6) is -1.32. The Morgan fingerprint density at radius 3 is 2.50 bits per heavy atom. The molecule has 2 rings (SSSR count). The van der Waals surface area contributed by atoms with Crippen LogP contribution in [0.1, 0.15) is 24.5 Å². The van der Waals surface area contributed by atoms with Gasteiger partial charge in [0.1, 0.15) is 0 Å². The summed E-state index contributed by atoms with van der Waals surface area (Å²) in [6, 6.07) is 7.59. The number of hydrogen-bond donors (Lipinski definition) is 3. The summed E-state index contributed by atoms with van der Waals surface area (Å²) in [6.07, 6.45) is 3.03. The van der Waals surface area contributed by atoms with Crippen LogP contribution in [0.25, 0.3) is 0 Å². The number of carbonyl (C=O) groups excluding carboxylic acids is 2. The van der Waals surface area contributed by atoms with Crippen LogP contribution in [0, 0.1) is 0 Å². The molecule has 0 bridgehead atoms. The summed E-state index contributed by atoms with van der Waals surface area (Å²) in [4.78, 5) is 24.0. The fraction of sp³-hybridized carbons (Fsp3) is 0.429. The van der Waals surface area contributed by atoms with Gasteiger partial charge in [-0.3, -0.25) is 9.59 Å². The normalized spacial score (nSPS) is 15.5. The highest BCUT2D eigenvalue weighted by Crippen LogP contribution is 2.19. The molecule has 0 unspecified atom stereocenters. The third kappa shape index (κ3) is 4.25. The number of benzene rings is 1. The molecule has 108 valence electrons. The smallest absolute Gasteiger partial charge is 0.309 e. The molecular formula is C14H18N2O3S. The van der Waals surface area contributed by atoms with Gasteiger partial charge < -0.3 is 15.7 Å². The first-order chi connectivity index (χ1) is 9.60. The second kappa shape index (κ2) is 6.76. The van der Waals surface area contributed by atoms with Gasteiger partial charge in [0.15, 0.2) is 0 Å². The summed E-state index contributed by atoms with van der Waals surface area (Å²) in [7, 11) is 0. The molecule has 20 heavy (non-hydrogen) atoms. The minimum atomic E-state index is -0.816. The van der Waals surface area contributed by atoms with Crippen LogP contribution in [-0.2, 0) is 9.59 Å². The number of carbonyl (C=O) groups is 2. The molecule has 0 radical (unpaired) electrons. The maximum absolute atomic E-state index is 11.5. The molecule has 1 aromatic carbocycles. The Morgan fingerprint density at radius 1 is 1.30 bits per heavy atom. The van der Waals surface area contributed by atoms with Crippen molar-refractivity contribution in [2.75, 3.05) is 12.8 Å². The molecule has 3 N–H and O–H groups in total. The van der Waals surface area contributed by atoms with Gasteiger partial charge in [0.05, 0.1) is 6.10 Å². The minimum Gasteiger partial charge on any atom is -0.387 e. The van der Waals surface area contributed by atoms with E-state index in [1.807, 2.05) is 30.5 Å². The van der Waals surface area contributed by atoms with Crippen LogP contribution >= 0.6 is 11.8 Å². The third-order valence-corrected chi connectivity index (χ3v) is 3.82. The van der Waals surface area contributed by atoms with Crippen molar-refractivity contribution in [1.29, 1.82) is 0 Å². The molecule has 0 spiro atoms. The van der Waals surface area contributed by atoms with Crippen molar-refractivity contribution in [3.63, 3.8) is 0 Å². The topological polar surface area (TPSA) is 78.4 Å². The molecule has 1 aliphatic rings. The first-order valence-corrected chi connectivity index (χ1v) is 7.73. The molecule has 1 saturated carbocycles. The monoisotopic (exact) mass is 294 g/mol. The Hall–Kier alpha value is -1.53. The number of rotatable bonds is 5. The Morgan fingerprint density at radius 2 is 1.95 bits per heavy atom. The highest BCUT2D eigenvalue weighted by molar-refractivity contribution is 7.98. The summed E-state index contributed by atoms with van der Waals surface area (Å²) in [6.45, 7) is 0.0233. The van der Waals surface area contributed by atoms with Gasteiger partial charge in [-0.1, -0.05) is 12.1 Å². The molecule has 2 amide bonds. The van der Waals surface area contributed by atoms with E-state index in [1.54, 1.807) is 11.8 Å². The fourth-order valence-corrected chi connectivity index (χ4v) is 2.10. The average molecular weight is 294 g/mol. The van der Waals surface area contributed by atoms with E-state index in [2.05, 4.69) is 10.6 Å². The molecule has 0 aliphatic heterocycles. The van der Waals surface area contributed by atoms with E-state index in [0.717, 1.165) is 17.7 Å². The predicted octanol–water partition coefficient (Wildman–Crippen LogP) is 0.837. The van der Waals surface area contributed by atoms with Crippen molar-refractivity contribution < 1.29 is 14.7 Å². The lowest BCUT2D eigenvalue weighted by Crippen LogP contribution is -2.42. The van der Waals surface area contributed by atoms with Gasteiger partial charge in [0.25, 0.3) is 0 Å². The molecule has 1 atom stereocenters. The Bertz CT molecular complexity index is 486. The Labute approximate surface area is 122 Å². The van der Waals surface area contributed by atoms with Crippen molar-refractivity contribution in [3.05, 3.63) is 29.8 Å². The van der Waals surface area contributed by atoms with Gasteiger partial charge in [0, 0.05) is 17.5 Å². The second-order valence-electron chi connectivity index (χ2n) is 4.75. The third-order valence-electron chi connectivity index (χ3n) is 3.08. The number of hydrogen-bond acceptors (Lipinski definition) is 4. The largest absolute Gasteiger partial charge is 0.387 e. The molecular weight excluding hydrogens is 276 g/mol. The molecule has 6 heteroatoms. The van der Waals surface area contributed by atoms with Crippen molar-refractivity contribution in [2.45, 2.75) is 29.9 Å². The molecule has 1 aromatic rings. The molecule has 5 nitrogen and oxygen atoms in total. The SMILES string of the molecule is CSc1ccc([C@@H](O)CNC(=O)C(=O)NC2CC2)cc1. The fourth-order valence-electron chi connectivity index (χ4n) is 1.69. The zero-order chi connectivity index (χ0) is 14.5. The second-order valence-corrected chi connectivity index (χ2v) is 5.63. The van der Waals surface area contributed by atoms with Crippen LogP contribution in [0.5, 0.6) is 0 Å². The summed E-state index contributed by atoms with van der Waals surface area (Å²) >= 11 is 1.62. The lowest BCUT2D eigenvalue weighted by molar-refractivity contribution is -0.139. The van der Waals surface area contributed by atoms with Crippen LogP contribution in [0.2, 0.25) is 0 Å². The van der Waals surface area contributed by atoms with Crippen LogP contribution in [0.3, 0.4) is 0 Å². The van der Waals surface area contributed by atoms with Crippen LogP contribution in [0.15, 0.2) is 29.2 Å². The zero-order valence-corrected chi connectivity index (χ0v) is 12.1. The van der Waals surface area contributed by atoms with E-state index in [9.17, 15) is 14.7 Å². The van der Waals surface area contributed by atoms with E-state index in [1.165, 1.54) is 0 Å². The van der Waals surface area contributed by atoms with Gasteiger partial charge >= 0.3 is 11.8 Å². The Kier molecular flexibility index (Phi) is 5.03. The summed E-state index contributed by atoms with van der Waals surface area (Å²) in [5.41, 5.74) is 0.714. The molecule has 1 fully saturated rings. The number of aliphatic hydroxyl groups is 1. The van der Waals surface area contributed by atoms with Gasteiger partial charge in [-0.2, -0.15) is 0 Å². The minimum absolute atomic E-state index is 0.0233. The lowest BCUT2D eigenvalue weighted by Gasteiger charge is -2.12. The number of thioether (sulfide) groups is 1. The van der Waals surface area contributed by atoms with Gasteiger partial charge in [0.2, 0.25) is 0 Å². The average Bonchev–Trinajstić information content (AvgIpc) is 3.28. The highest BCUT2D eigenvalue weighted by Gasteiger charge is 2.26. The Balaban J connectivity index is 1.79. The molecule has 0 aromatic heterocycles. The van der Waals surface area contributed by atoms with Crippen LogP contribution in [0.4, 0.5) is 0 Å². The number of amides is 2. The van der Waals surface area contributed by atoms with Crippen LogP contribution < -0.4 is 10.6 Å². The first-order valence-electron chi connectivity index (χ1n) is 6.51. The number of aliphatic hydroxyl groups excluding tert-OH is 1. The van der Waals surface area contributed by atoms with E-state index >= 15 is 0 Å². The van der Waals surface area contributed by atoms with Crippen LogP contribution in [-0.4, -0.2) is 35.8 Å². The van der Waals surface area contributed by atoms with Gasteiger partial charge in [-0.05, 0) is 36.8 Å². The van der Waals surface area contributed by atoms with E-state index in [-0.39, 0.29) is 12.6 Å². The van der Waals surface area contributed by atoms with Crippen molar-refractivity contribution in [3.8, 4) is 0 Å². The first kappa shape index (κ1) is 14.9.